The van der Waals surface area contributed by atoms with E-state index in [9.17, 15) is 19.7 Å². The van der Waals surface area contributed by atoms with Crippen molar-refractivity contribution in [2.75, 3.05) is 12.4 Å². The van der Waals surface area contributed by atoms with Crippen LogP contribution in [0.5, 0.6) is 5.75 Å². The summed E-state index contributed by atoms with van der Waals surface area (Å²) in [6, 6.07) is 16.3. The van der Waals surface area contributed by atoms with E-state index in [4.69, 9.17) is 4.74 Å². The SMILES string of the molecule is COc1ccc(NC(=O)C[n+]2ccc(C(=O)c3ccccc3)cc2)c([N+](=O)[O-])c1. The number of methoxy groups -OCH3 is 1. The molecule has 0 spiro atoms. The van der Waals surface area contributed by atoms with Gasteiger partial charge in [0.1, 0.15) is 11.4 Å². The molecule has 1 N–H and O–H groups in total. The topological polar surface area (TPSA) is 102 Å². The van der Waals surface area contributed by atoms with Gasteiger partial charge in [-0.2, -0.15) is 4.57 Å². The molecule has 146 valence electrons. The number of hydrogen-bond donors (Lipinski definition) is 1. The predicted molar refractivity (Wildman–Crippen MR) is 105 cm³/mol. The van der Waals surface area contributed by atoms with Crippen LogP contribution >= 0.6 is 0 Å². The fourth-order valence-electron chi connectivity index (χ4n) is 2.72. The highest BCUT2D eigenvalue weighted by Crippen LogP contribution is 2.28. The van der Waals surface area contributed by atoms with Crippen molar-refractivity contribution < 1.29 is 23.8 Å². The highest BCUT2D eigenvalue weighted by atomic mass is 16.6. The number of carbonyl (C=O) groups is 2. The fraction of sp³-hybridized carbons (Fsp3) is 0.0952. The van der Waals surface area contributed by atoms with E-state index in [1.165, 1.54) is 25.3 Å². The van der Waals surface area contributed by atoms with E-state index in [-0.39, 0.29) is 23.7 Å². The first-order chi connectivity index (χ1) is 14.0. The monoisotopic (exact) mass is 392 g/mol. The van der Waals surface area contributed by atoms with Gasteiger partial charge < -0.3 is 10.1 Å². The quantitative estimate of drug-likeness (QED) is 0.288. The van der Waals surface area contributed by atoms with Gasteiger partial charge in [0, 0.05) is 23.3 Å². The molecule has 0 fully saturated rings. The van der Waals surface area contributed by atoms with Crippen LogP contribution in [-0.4, -0.2) is 23.7 Å². The summed E-state index contributed by atoms with van der Waals surface area (Å²) in [6.45, 7) is -0.0665. The van der Waals surface area contributed by atoms with Gasteiger partial charge in [0.25, 0.3) is 11.6 Å². The van der Waals surface area contributed by atoms with Crippen molar-refractivity contribution in [1.29, 1.82) is 0 Å². The molecule has 0 unspecified atom stereocenters. The van der Waals surface area contributed by atoms with Crippen LogP contribution in [-0.2, 0) is 11.3 Å². The third kappa shape index (κ3) is 4.81. The summed E-state index contributed by atoms with van der Waals surface area (Å²) in [5.41, 5.74) is 0.900. The van der Waals surface area contributed by atoms with E-state index >= 15 is 0 Å². The molecular weight excluding hydrogens is 374 g/mol. The number of nitro groups is 1. The van der Waals surface area contributed by atoms with Gasteiger partial charge in [-0.15, -0.1) is 0 Å². The van der Waals surface area contributed by atoms with E-state index in [2.05, 4.69) is 5.32 Å². The minimum absolute atomic E-state index is 0.0665. The zero-order chi connectivity index (χ0) is 20.8. The molecular formula is C21H18N3O5+. The Kier molecular flexibility index (Phi) is 5.94. The second-order valence-corrected chi connectivity index (χ2v) is 6.14. The van der Waals surface area contributed by atoms with E-state index in [1.807, 2.05) is 6.07 Å². The first-order valence-electron chi connectivity index (χ1n) is 8.69. The van der Waals surface area contributed by atoms with Crippen molar-refractivity contribution in [3.05, 3.63) is 94.3 Å². The van der Waals surface area contributed by atoms with Gasteiger partial charge in [0.15, 0.2) is 18.2 Å². The summed E-state index contributed by atoms with van der Waals surface area (Å²) >= 11 is 0. The van der Waals surface area contributed by atoms with Crippen LogP contribution in [0.4, 0.5) is 11.4 Å². The molecule has 0 aliphatic heterocycles. The molecule has 3 rings (SSSR count). The third-order valence-electron chi connectivity index (χ3n) is 4.19. The Morgan fingerprint density at radius 2 is 1.69 bits per heavy atom. The van der Waals surface area contributed by atoms with Gasteiger partial charge >= 0.3 is 0 Å². The second-order valence-electron chi connectivity index (χ2n) is 6.14. The van der Waals surface area contributed by atoms with Gasteiger partial charge in [-0.1, -0.05) is 30.3 Å². The van der Waals surface area contributed by atoms with Crippen molar-refractivity contribution >= 4 is 23.1 Å². The maximum atomic E-state index is 12.4. The highest BCUT2D eigenvalue weighted by Gasteiger charge is 2.19. The smallest absolute Gasteiger partial charge is 0.296 e. The molecule has 1 amide bonds. The van der Waals surface area contributed by atoms with E-state index in [0.29, 0.717) is 16.9 Å². The highest BCUT2D eigenvalue weighted by molar-refractivity contribution is 6.08. The van der Waals surface area contributed by atoms with Gasteiger partial charge in [-0.3, -0.25) is 19.7 Å². The number of aromatic nitrogens is 1. The standard InChI is InChI=1S/C21H17N3O5/c1-29-17-7-8-18(19(13-17)24(27)28)22-20(25)14-23-11-9-16(10-12-23)21(26)15-5-3-2-4-6-15/h2-13H,14H2,1H3/p+1. The van der Waals surface area contributed by atoms with Crippen molar-refractivity contribution in [3.63, 3.8) is 0 Å². The van der Waals surface area contributed by atoms with Gasteiger partial charge in [-0.25, -0.2) is 0 Å². The molecule has 0 aliphatic carbocycles. The van der Waals surface area contributed by atoms with Crippen LogP contribution in [0.25, 0.3) is 0 Å². The van der Waals surface area contributed by atoms with Crippen LogP contribution < -0.4 is 14.6 Å². The largest absolute Gasteiger partial charge is 0.496 e. The number of rotatable bonds is 7. The Balaban J connectivity index is 1.69. The van der Waals surface area contributed by atoms with Crippen molar-refractivity contribution in [2.24, 2.45) is 0 Å². The minimum Gasteiger partial charge on any atom is -0.496 e. The number of ketones is 1. The number of hydrogen-bond acceptors (Lipinski definition) is 5. The van der Waals surface area contributed by atoms with Gasteiger partial charge in [-0.05, 0) is 12.1 Å². The lowest BCUT2D eigenvalue weighted by atomic mass is 10.0. The molecule has 8 nitrogen and oxygen atoms in total. The number of carbonyl (C=O) groups excluding carboxylic acids is 2. The number of amides is 1. The fourth-order valence-corrected chi connectivity index (χ4v) is 2.72. The molecule has 0 radical (unpaired) electrons. The summed E-state index contributed by atoms with van der Waals surface area (Å²) in [7, 11) is 1.40. The summed E-state index contributed by atoms with van der Waals surface area (Å²) in [4.78, 5) is 35.3. The van der Waals surface area contributed by atoms with Crippen molar-refractivity contribution in [2.45, 2.75) is 6.54 Å². The average molecular weight is 392 g/mol. The molecule has 1 heterocycles. The van der Waals surface area contributed by atoms with Crippen LogP contribution in [0.1, 0.15) is 15.9 Å². The molecule has 0 saturated carbocycles. The maximum Gasteiger partial charge on any atom is 0.296 e. The number of nitro benzene ring substituents is 1. The Bertz CT molecular complexity index is 1050. The van der Waals surface area contributed by atoms with Crippen molar-refractivity contribution in [1.82, 2.24) is 0 Å². The Labute approximate surface area is 166 Å². The van der Waals surface area contributed by atoms with E-state index < -0.39 is 10.8 Å². The molecule has 1 aromatic heterocycles. The summed E-state index contributed by atoms with van der Waals surface area (Å²) in [5.74, 6) is -0.232. The van der Waals surface area contributed by atoms with Gasteiger partial charge in [0.05, 0.1) is 18.1 Å². The molecule has 29 heavy (non-hydrogen) atoms. The number of benzene rings is 2. The molecule has 0 saturated heterocycles. The Hall–Kier alpha value is -4.07. The number of ether oxygens (including phenoxy) is 1. The number of anilines is 1. The van der Waals surface area contributed by atoms with Crippen LogP contribution in [0.2, 0.25) is 0 Å². The summed E-state index contributed by atoms with van der Waals surface area (Å²) in [5, 5.41) is 13.7. The van der Waals surface area contributed by atoms with Gasteiger partial charge in [0.2, 0.25) is 6.54 Å². The van der Waals surface area contributed by atoms with Crippen molar-refractivity contribution in [3.8, 4) is 5.75 Å². The predicted octanol–water partition coefficient (Wildman–Crippen LogP) is 2.76. The normalized spacial score (nSPS) is 10.2. The molecule has 0 atom stereocenters. The number of pyridine rings is 1. The third-order valence-corrected chi connectivity index (χ3v) is 4.19. The maximum absolute atomic E-state index is 12.4. The minimum atomic E-state index is -0.588. The van der Waals surface area contributed by atoms with Crippen LogP contribution in [0.3, 0.4) is 0 Å². The number of nitrogens with one attached hydrogen (secondary N) is 1. The first-order valence-corrected chi connectivity index (χ1v) is 8.69. The molecule has 0 aliphatic rings. The summed E-state index contributed by atoms with van der Waals surface area (Å²) in [6.07, 6.45) is 3.22. The Morgan fingerprint density at radius 3 is 2.31 bits per heavy atom. The molecule has 3 aromatic rings. The first kappa shape index (κ1) is 19.7. The number of nitrogens with zero attached hydrogens (tertiary/aromatic N) is 2. The lowest BCUT2D eigenvalue weighted by Crippen LogP contribution is -2.39. The molecule has 8 heteroatoms. The van der Waals surface area contributed by atoms with Crippen LogP contribution in [0.15, 0.2) is 73.1 Å². The lowest BCUT2D eigenvalue weighted by molar-refractivity contribution is -0.684. The zero-order valence-electron chi connectivity index (χ0n) is 15.6. The molecule has 0 bridgehead atoms. The second kappa shape index (κ2) is 8.75. The average Bonchev–Trinajstić information content (AvgIpc) is 2.74. The van der Waals surface area contributed by atoms with E-state index in [1.54, 1.807) is 53.4 Å². The van der Waals surface area contributed by atoms with Crippen LogP contribution in [0, 0.1) is 10.1 Å². The molecule has 2 aromatic carbocycles. The summed E-state index contributed by atoms with van der Waals surface area (Å²) < 4.78 is 6.55. The Morgan fingerprint density at radius 1 is 1.03 bits per heavy atom. The van der Waals surface area contributed by atoms with E-state index in [0.717, 1.165) is 0 Å². The lowest BCUT2D eigenvalue weighted by Gasteiger charge is -2.06. The zero-order valence-corrected chi connectivity index (χ0v) is 15.6.